The van der Waals surface area contributed by atoms with Crippen molar-refractivity contribution in [2.45, 2.75) is 52.4 Å². The molecule has 3 rings (SSSR count). The van der Waals surface area contributed by atoms with E-state index >= 15 is 0 Å². The minimum absolute atomic E-state index is 0.0337. The highest BCUT2D eigenvalue weighted by molar-refractivity contribution is 7.91. The zero-order chi connectivity index (χ0) is 18.1. The van der Waals surface area contributed by atoms with Crippen LogP contribution in [-0.2, 0) is 9.84 Å². The molecule has 1 radical (unpaired) electrons. The third-order valence-corrected chi connectivity index (χ3v) is 7.89. The molecular formula is C21H32NO2S. The van der Waals surface area contributed by atoms with Gasteiger partial charge in [-0.2, -0.15) is 0 Å². The number of sulfone groups is 1. The molecule has 1 N–H and O–H groups in total. The Balaban J connectivity index is 1.84. The molecule has 0 aromatic heterocycles. The molecule has 3 aliphatic rings. The first-order chi connectivity index (χ1) is 11.8. The summed E-state index contributed by atoms with van der Waals surface area (Å²) >= 11 is 0. The van der Waals surface area contributed by atoms with E-state index in [1.807, 2.05) is 7.05 Å². The topological polar surface area (TPSA) is 46.2 Å². The Bertz CT molecular complexity index is 696. The van der Waals surface area contributed by atoms with Gasteiger partial charge >= 0.3 is 0 Å². The highest BCUT2D eigenvalue weighted by Crippen LogP contribution is 2.44. The van der Waals surface area contributed by atoms with Crippen molar-refractivity contribution in [3.05, 3.63) is 41.4 Å². The molecule has 1 aliphatic heterocycles. The molecule has 0 aromatic rings. The minimum atomic E-state index is -2.85. The maximum atomic E-state index is 11.9. The zero-order valence-corrected chi connectivity index (χ0v) is 16.7. The smallest absolute Gasteiger partial charge is 0.150 e. The van der Waals surface area contributed by atoms with Crippen LogP contribution in [0.1, 0.15) is 52.4 Å². The van der Waals surface area contributed by atoms with Gasteiger partial charge in [0.15, 0.2) is 0 Å². The number of rotatable bonds is 4. The first-order valence-electron chi connectivity index (χ1n) is 9.55. The highest BCUT2D eigenvalue weighted by Gasteiger charge is 2.39. The summed E-state index contributed by atoms with van der Waals surface area (Å²) in [7, 11) is -0.884. The lowest BCUT2D eigenvalue weighted by atomic mass is 9.70. The van der Waals surface area contributed by atoms with Gasteiger partial charge in [0.05, 0.1) is 11.5 Å². The maximum Gasteiger partial charge on any atom is 0.150 e. The lowest BCUT2D eigenvalue weighted by Gasteiger charge is -2.40. The average molecular weight is 363 g/mol. The lowest BCUT2D eigenvalue weighted by molar-refractivity contribution is 0.312. The Morgan fingerprint density at radius 1 is 1.12 bits per heavy atom. The second-order valence-electron chi connectivity index (χ2n) is 8.76. The fourth-order valence-electron chi connectivity index (χ4n) is 4.37. The van der Waals surface area contributed by atoms with Crippen molar-refractivity contribution >= 4 is 9.84 Å². The quantitative estimate of drug-likeness (QED) is 0.822. The minimum Gasteiger partial charge on any atom is -0.319 e. The van der Waals surface area contributed by atoms with Gasteiger partial charge in [0.25, 0.3) is 0 Å². The van der Waals surface area contributed by atoms with E-state index in [0.717, 1.165) is 38.6 Å². The molecule has 3 nitrogen and oxygen atoms in total. The summed E-state index contributed by atoms with van der Waals surface area (Å²) in [6.07, 6.45) is 15.4. The second-order valence-corrected chi connectivity index (χ2v) is 11.1. The highest BCUT2D eigenvalue weighted by atomic mass is 32.2. The Morgan fingerprint density at radius 2 is 1.84 bits per heavy atom. The van der Waals surface area contributed by atoms with Crippen LogP contribution < -0.4 is 5.32 Å². The van der Waals surface area contributed by atoms with E-state index in [-0.39, 0.29) is 5.41 Å². The molecule has 0 spiro atoms. The normalized spacial score (nSPS) is 27.9. The van der Waals surface area contributed by atoms with Crippen molar-refractivity contribution in [2.24, 2.45) is 10.8 Å². The molecule has 25 heavy (non-hydrogen) atoms. The Kier molecular flexibility index (Phi) is 5.32. The summed E-state index contributed by atoms with van der Waals surface area (Å²) in [6, 6.07) is 0. The van der Waals surface area contributed by atoms with Gasteiger partial charge in [-0.1, -0.05) is 32.1 Å². The lowest BCUT2D eigenvalue weighted by Crippen LogP contribution is -2.41. The molecule has 0 amide bonds. The van der Waals surface area contributed by atoms with Gasteiger partial charge < -0.3 is 5.32 Å². The third-order valence-electron chi connectivity index (χ3n) is 6.24. The molecule has 0 unspecified atom stereocenters. The Morgan fingerprint density at radius 3 is 2.44 bits per heavy atom. The van der Waals surface area contributed by atoms with Crippen LogP contribution in [0.4, 0.5) is 0 Å². The van der Waals surface area contributed by atoms with Gasteiger partial charge in [-0.25, -0.2) is 8.42 Å². The Hall–Kier alpha value is -0.870. The first-order valence-corrected chi connectivity index (χ1v) is 11.4. The van der Waals surface area contributed by atoms with E-state index in [1.54, 1.807) is 0 Å². The molecule has 0 bridgehead atoms. The predicted octanol–water partition coefficient (Wildman–Crippen LogP) is 4.00. The van der Waals surface area contributed by atoms with Crippen molar-refractivity contribution < 1.29 is 8.42 Å². The van der Waals surface area contributed by atoms with Crippen LogP contribution in [0.15, 0.2) is 34.9 Å². The summed E-state index contributed by atoms with van der Waals surface area (Å²) in [4.78, 5) is 0. The summed E-state index contributed by atoms with van der Waals surface area (Å²) in [5.74, 6) is 0.631. The van der Waals surface area contributed by atoms with Crippen LogP contribution in [0.2, 0.25) is 0 Å². The van der Waals surface area contributed by atoms with Gasteiger partial charge in [0.1, 0.15) is 9.84 Å². The Labute approximate surface area is 153 Å². The summed E-state index contributed by atoms with van der Waals surface area (Å²) in [5, 5.41) is 3.32. The average Bonchev–Trinajstić information content (AvgIpc) is 2.57. The fraction of sp³-hybridized carbons (Fsp3) is 0.667. The number of hydrogen-bond donors (Lipinski definition) is 1. The van der Waals surface area contributed by atoms with Crippen molar-refractivity contribution in [2.75, 3.05) is 25.1 Å². The van der Waals surface area contributed by atoms with Crippen LogP contribution in [0.3, 0.4) is 0 Å². The van der Waals surface area contributed by atoms with Gasteiger partial charge in [-0.05, 0) is 74.1 Å². The summed E-state index contributed by atoms with van der Waals surface area (Å²) < 4.78 is 23.9. The zero-order valence-electron chi connectivity index (χ0n) is 15.9. The van der Waals surface area contributed by atoms with Crippen molar-refractivity contribution in [3.63, 3.8) is 0 Å². The third kappa shape index (κ3) is 4.28. The fourth-order valence-corrected chi connectivity index (χ4v) is 5.97. The number of nitrogens with one attached hydrogen (secondary N) is 1. The predicted molar refractivity (Wildman–Crippen MR) is 105 cm³/mol. The van der Waals surface area contributed by atoms with Crippen LogP contribution in [0, 0.1) is 17.3 Å². The van der Waals surface area contributed by atoms with E-state index < -0.39 is 9.84 Å². The molecule has 0 saturated carbocycles. The molecule has 1 saturated heterocycles. The van der Waals surface area contributed by atoms with Gasteiger partial charge in [0.2, 0.25) is 0 Å². The largest absolute Gasteiger partial charge is 0.319 e. The van der Waals surface area contributed by atoms with E-state index in [1.165, 1.54) is 23.1 Å². The standard InChI is InChI=1S/C21H32NO2S/c1-20(2)9-7-17(8-10-20)18-5-4-6-19(15-18)21(16-22-3)11-13-25(23,24)14-12-21/h5-7,15,22H,4,8-14,16H2,1-3H3. The van der Waals surface area contributed by atoms with Crippen LogP contribution in [0.5, 0.6) is 0 Å². The molecule has 0 atom stereocenters. The molecule has 4 heteroatoms. The molecule has 1 heterocycles. The van der Waals surface area contributed by atoms with Crippen LogP contribution in [0.25, 0.3) is 0 Å². The van der Waals surface area contributed by atoms with E-state index in [0.29, 0.717) is 16.9 Å². The van der Waals surface area contributed by atoms with Crippen LogP contribution >= 0.6 is 0 Å². The van der Waals surface area contributed by atoms with Gasteiger partial charge in [-0.3, -0.25) is 0 Å². The second kappa shape index (κ2) is 7.03. The van der Waals surface area contributed by atoms with Crippen molar-refractivity contribution in [1.82, 2.24) is 5.32 Å². The van der Waals surface area contributed by atoms with Gasteiger partial charge in [0, 0.05) is 12.0 Å². The maximum absolute atomic E-state index is 11.9. The molecule has 1 fully saturated rings. The summed E-state index contributed by atoms with van der Waals surface area (Å²) in [6.45, 7) is 5.54. The first kappa shape index (κ1) is 18.9. The van der Waals surface area contributed by atoms with Crippen molar-refractivity contribution in [3.8, 4) is 0 Å². The molecule has 139 valence electrons. The number of allylic oxidation sites excluding steroid dienone is 5. The summed E-state index contributed by atoms with van der Waals surface area (Å²) in [5.41, 5.74) is 4.58. The molecule has 0 aromatic carbocycles. The van der Waals surface area contributed by atoms with Crippen LogP contribution in [-0.4, -0.2) is 33.5 Å². The monoisotopic (exact) mass is 362 g/mol. The van der Waals surface area contributed by atoms with E-state index in [2.05, 4.69) is 43.8 Å². The van der Waals surface area contributed by atoms with E-state index in [9.17, 15) is 8.42 Å². The number of hydrogen-bond acceptors (Lipinski definition) is 3. The SMILES string of the molecule is CNCC1(C2=CC[CH]C(C3=CCC(C)(C)CC3)=C2)CCS(=O)(=O)CC1. The molecule has 2 aliphatic carbocycles. The van der Waals surface area contributed by atoms with Crippen molar-refractivity contribution in [1.29, 1.82) is 0 Å². The molecular weight excluding hydrogens is 330 g/mol. The van der Waals surface area contributed by atoms with Gasteiger partial charge in [-0.15, -0.1) is 0 Å². The van der Waals surface area contributed by atoms with E-state index in [4.69, 9.17) is 0 Å².